The second kappa shape index (κ2) is 4.08. The molecular weight excluding hydrogens is 286 g/mol. The largest absolute Gasteiger partial charge is 0.313 e. The number of hydrogen-bond acceptors (Lipinski definition) is 1. The third kappa shape index (κ3) is 1.48. The summed E-state index contributed by atoms with van der Waals surface area (Å²) in [6.45, 7) is 1.22. The molecule has 96 valence electrons. The Hall–Kier alpha value is -0.340. The number of piperidine rings is 1. The van der Waals surface area contributed by atoms with Crippen LogP contribution in [0.3, 0.4) is 0 Å². The molecule has 4 rings (SSSR count). The highest BCUT2D eigenvalue weighted by Gasteiger charge is 2.51. The third-order valence-electron chi connectivity index (χ3n) is 5.60. The molecule has 2 fully saturated rings. The van der Waals surface area contributed by atoms with Gasteiger partial charge in [-0.1, -0.05) is 34.8 Å². The Morgan fingerprint density at radius 1 is 1.22 bits per heavy atom. The third-order valence-corrected chi connectivity index (χ3v) is 6.10. The summed E-state index contributed by atoms with van der Waals surface area (Å²) in [5.41, 5.74) is 3.80. The highest BCUT2D eigenvalue weighted by molar-refractivity contribution is 9.10. The van der Waals surface area contributed by atoms with E-state index in [1.165, 1.54) is 49.5 Å². The monoisotopic (exact) mass is 305 g/mol. The molecule has 1 aromatic rings. The van der Waals surface area contributed by atoms with Crippen LogP contribution < -0.4 is 5.32 Å². The van der Waals surface area contributed by atoms with Crippen LogP contribution in [0.15, 0.2) is 22.7 Å². The second-order valence-corrected chi connectivity index (χ2v) is 7.24. The van der Waals surface area contributed by atoms with Crippen molar-refractivity contribution in [1.82, 2.24) is 5.32 Å². The lowest BCUT2D eigenvalue weighted by atomic mass is 9.53. The van der Waals surface area contributed by atoms with Crippen molar-refractivity contribution in [3.63, 3.8) is 0 Å². The van der Waals surface area contributed by atoms with Crippen LogP contribution in [-0.2, 0) is 11.8 Å². The van der Waals surface area contributed by atoms with Gasteiger partial charge in [-0.3, -0.25) is 0 Å². The smallest absolute Gasteiger partial charge is 0.0178 e. The molecule has 3 atom stereocenters. The van der Waals surface area contributed by atoms with E-state index in [9.17, 15) is 0 Å². The summed E-state index contributed by atoms with van der Waals surface area (Å²) < 4.78 is 1.24. The topological polar surface area (TPSA) is 12.0 Å². The van der Waals surface area contributed by atoms with Crippen molar-refractivity contribution in [2.24, 2.45) is 5.92 Å². The second-order valence-electron chi connectivity index (χ2n) is 6.32. The van der Waals surface area contributed by atoms with Crippen molar-refractivity contribution in [3.8, 4) is 0 Å². The molecule has 1 saturated carbocycles. The number of rotatable bonds is 0. The minimum absolute atomic E-state index is 0.516. The zero-order valence-corrected chi connectivity index (χ0v) is 12.3. The Morgan fingerprint density at radius 3 is 3.11 bits per heavy atom. The van der Waals surface area contributed by atoms with E-state index in [4.69, 9.17) is 0 Å². The fraction of sp³-hybridized carbons (Fsp3) is 0.625. The number of benzene rings is 1. The molecule has 1 aromatic carbocycles. The maximum Gasteiger partial charge on any atom is 0.0178 e. The molecule has 1 N–H and O–H groups in total. The van der Waals surface area contributed by atoms with Crippen molar-refractivity contribution in [3.05, 3.63) is 33.8 Å². The molecule has 0 aromatic heterocycles. The Morgan fingerprint density at radius 2 is 2.17 bits per heavy atom. The molecule has 0 amide bonds. The van der Waals surface area contributed by atoms with E-state index >= 15 is 0 Å². The Bertz CT molecular complexity index is 480. The first-order chi connectivity index (χ1) is 8.79. The van der Waals surface area contributed by atoms with Gasteiger partial charge in [0, 0.05) is 15.9 Å². The van der Waals surface area contributed by atoms with Gasteiger partial charge in [0.1, 0.15) is 0 Å². The van der Waals surface area contributed by atoms with Crippen molar-refractivity contribution >= 4 is 15.9 Å². The molecule has 18 heavy (non-hydrogen) atoms. The molecule has 1 aliphatic heterocycles. The highest BCUT2D eigenvalue weighted by atomic mass is 79.9. The molecule has 1 nitrogen and oxygen atoms in total. The van der Waals surface area contributed by atoms with Gasteiger partial charge in [0.25, 0.3) is 0 Å². The van der Waals surface area contributed by atoms with E-state index in [-0.39, 0.29) is 0 Å². The maximum atomic E-state index is 3.79. The van der Waals surface area contributed by atoms with E-state index in [2.05, 4.69) is 39.4 Å². The Balaban J connectivity index is 1.90. The lowest BCUT2D eigenvalue weighted by Gasteiger charge is -2.56. The van der Waals surface area contributed by atoms with Crippen LogP contribution in [0.1, 0.15) is 43.2 Å². The van der Waals surface area contributed by atoms with Crippen LogP contribution >= 0.6 is 15.9 Å². The summed E-state index contributed by atoms with van der Waals surface area (Å²) in [5, 5.41) is 3.79. The summed E-state index contributed by atoms with van der Waals surface area (Å²) >= 11 is 3.64. The highest BCUT2D eigenvalue weighted by Crippen LogP contribution is 2.53. The average Bonchev–Trinajstić information content (AvgIpc) is 2.38. The van der Waals surface area contributed by atoms with E-state index in [0.29, 0.717) is 5.41 Å². The van der Waals surface area contributed by atoms with Crippen LogP contribution in [-0.4, -0.2) is 12.6 Å². The standard InChI is InChI=1S/C16H20BrN/c17-12-4-5-13-11(9-12)10-15-14-3-1-2-6-16(13,14)7-8-18-15/h4-5,9,14-15,18H,1-3,6-8,10H2/t14-,15+,16-/m0/s1. The summed E-state index contributed by atoms with van der Waals surface area (Å²) in [4.78, 5) is 0. The van der Waals surface area contributed by atoms with E-state index < -0.39 is 0 Å². The van der Waals surface area contributed by atoms with Crippen LogP contribution in [0.2, 0.25) is 0 Å². The van der Waals surface area contributed by atoms with Crippen LogP contribution in [0.5, 0.6) is 0 Å². The van der Waals surface area contributed by atoms with Crippen LogP contribution in [0.4, 0.5) is 0 Å². The zero-order valence-electron chi connectivity index (χ0n) is 10.7. The minimum Gasteiger partial charge on any atom is -0.313 e. The number of nitrogens with one attached hydrogen (secondary N) is 1. The Kier molecular flexibility index (Phi) is 2.60. The van der Waals surface area contributed by atoms with E-state index in [1.54, 1.807) is 11.1 Å². The lowest BCUT2D eigenvalue weighted by Crippen LogP contribution is -2.59. The molecule has 2 bridgehead atoms. The zero-order chi connectivity index (χ0) is 12.2. The maximum absolute atomic E-state index is 3.79. The molecule has 1 saturated heterocycles. The fourth-order valence-electron chi connectivity index (χ4n) is 4.92. The molecule has 0 radical (unpaired) electrons. The van der Waals surface area contributed by atoms with Crippen LogP contribution in [0.25, 0.3) is 0 Å². The summed E-state index contributed by atoms with van der Waals surface area (Å²) in [6.07, 6.45) is 8.32. The molecule has 1 heterocycles. The first-order valence-corrected chi connectivity index (χ1v) is 8.11. The molecule has 0 unspecified atom stereocenters. The number of halogens is 1. The minimum atomic E-state index is 0.516. The Labute approximate surface area is 117 Å². The first-order valence-electron chi connectivity index (χ1n) is 7.32. The molecular formula is C16H20BrN. The van der Waals surface area contributed by atoms with E-state index in [0.717, 1.165) is 12.0 Å². The number of fused-ring (bicyclic) bond motifs is 1. The van der Waals surface area contributed by atoms with Gasteiger partial charge >= 0.3 is 0 Å². The lowest BCUT2D eigenvalue weighted by molar-refractivity contribution is 0.0797. The van der Waals surface area contributed by atoms with Crippen molar-refractivity contribution in [2.45, 2.75) is 50.0 Å². The normalized spacial score (nSPS) is 37.8. The van der Waals surface area contributed by atoms with Gasteiger partial charge in [0.2, 0.25) is 0 Å². The number of hydrogen-bond donors (Lipinski definition) is 1. The van der Waals surface area contributed by atoms with Crippen molar-refractivity contribution in [2.75, 3.05) is 6.54 Å². The SMILES string of the molecule is Brc1ccc2c(c1)C[C@H]1NCC[C@@]23CCCC[C@@H]13. The summed E-state index contributed by atoms with van der Waals surface area (Å²) in [5.74, 6) is 0.897. The predicted molar refractivity (Wildman–Crippen MR) is 77.9 cm³/mol. The molecule has 2 aliphatic carbocycles. The van der Waals surface area contributed by atoms with E-state index in [1.807, 2.05) is 0 Å². The van der Waals surface area contributed by atoms with Gasteiger partial charge in [-0.2, -0.15) is 0 Å². The quantitative estimate of drug-likeness (QED) is 0.769. The van der Waals surface area contributed by atoms with Gasteiger partial charge < -0.3 is 5.32 Å². The van der Waals surface area contributed by atoms with Crippen LogP contribution in [0, 0.1) is 5.92 Å². The van der Waals surface area contributed by atoms with Crippen molar-refractivity contribution < 1.29 is 0 Å². The van der Waals surface area contributed by atoms with Gasteiger partial charge in [-0.15, -0.1) is 0 Å². The summed E-state index contributed by atoms with van der Waals surface area (Å²) in [6, 6.07) is 7.77. The first kappa shape index (κ1) is 11.5. The molecule has 2 heteroatoms. The average molecular weight is 306 g/mol. The predicted octanol–water partition coefficient (Wildman–Crippen LogP) is 3.80. The van der Waals surface area contributed by atoms with Crippen molar-refractivity contribution in [1.29, 1.82) is 0 Å². The fourth-order valence-corrected chi connectivity index (χ4v) is 5.33. The van der Waals surface area contributed by atoms with Gasteiger partial charge in [-0.05, 0) is 61.4 Å². The van der Waals surface area contributed by atoms with Gasteiger partial charge in [0.15, 0.2) is 0 Å². The molecule has 3 aliphatic rings. The molecule has 0 spiro atoms. The van der Waals surface area contributed by atoms with Gasteiger partial charge in [0.05, 0.1) is 0 Å². The summed E-state index contributed by atoms with van der Waals surface area (Å²) in [7, 11) is 0. The van der Waals surface area contributed by atoms with Gasteiger partial charge in [-0.25, -0.2) is 0 Å².